The third-order valence-electron chi connectivity index (χ3n) is 5.19. The highest BCUT2D eigenvalue weighted by Gasteiger charge is 2.19. The van der Waals surface area contributed by atoms with E-state index in [4.69, 9.17) is 18.7 Å². The summed E-state index contributed by atoms with van der Waals surface area (Å²) in [5.41, 5.74) is 1.96. The highest BCUT2D eigenvalue weighted by molar-refractivity contribution is 5.95. The van der Waals surface area contributed by atoms with E-state index in [2.05, 4.69) is 28.7 Å². The van der Waals surface area contributed by atoms with E-state index in [1.165, 1.54) is 0 Å². The minimum atomic E-state index is -0.278. The topological polar surface area (TPSA) is 82.8 Å². The number of hydrogen-bond donors (Lipinski definition) is 1. The summed E-state index contributed by atoms with van der Waals surface area (Å²) >= 11 is 0. The lowest BCUT2D eigenvalue weighted by Crippen LogP contribution is -2.23. The Morgan fingerprint density at radius 1 is 0.853 bits per heavy atom. The molecule has 0 saturated carbocycles. The molecule has 7 heteroatoms. The minimum absolute atomic E-state index is 0.219. The summed E-state index contributed by atoms with van der Waals surface area (Å²) < 4.78 is 22.6. The molecular weight excluding hydrogens is 432 g/mol. The number of fused-ring (bicyclic) bond motifs is 1. The summed E-state index contributed by atoms with van der Waals surface area (Å²) in [4.78, 5) is 12.9. The quantitative estimate of drug-likeness (QED) is 0.331. The normalized spacial score (nSPS) is 10.8. The van der Waals surface area contributed by atoms with Crippen molar-refractivity contribution < 1.29 is 23.5 Å². The van der Waals surface area contributed by atoms with Crippen molar-refractivity contribution in [2.45, 2.75) is 27.3 Å². The Bertz CT molecular complexity index is 1250. The van der Waals surface area contributed by atoms with E-state index in [-0.39, 0.29) is 12.5 Å². The summed E-state index contributed by atoms with van der Waals surface area (Å²) in [5.74, 6) is 1.81. The van der Waals surface area contributed by atoms with Crippen LogP contribution in [-0.4, -0.2) is 30.9 Å². The number of nitrogens with zero attached hydrogens (tertiary/aromatic N) is 1. The first kappa shape index (κ1) is 23.2. The van der Waals surface area contributed by atoms with E-state index in [0.29, 0.717) is 54.1 Å². The number of carbonyl (C=O) groups excluding carboxylic acids is 1. The number of aromatic nitrogens is 1. The zero-order chi connectivity index (χ0) is 23.9. The van der Waals surface area contributed by atoms with Gasteiger partial charge in [-0.3, -0.25) is 4.79 Å². The molecule has 4 rings (SSSR count). The summed E-state index contributed by atoms with van der Waals surface area (Å²) in [6.45, 7) is 7.19. The molecule has 1 aromatic heterocycles. The molecule has 0 aliphatic heterocycles. The van der Waals surface area contributed by atoms with Gasteiger partial charge in [0.1, 0.15) is 5.69 Å². The smallest absolute Gasteiger partial charge is 0.251 e. The Kier molecular flexibility index (Phi) is 7.32. The number of ether oxygens (including phenoxy) is 3. The van der Waals surface area contributed by atoms with E-state index < -0.39 is 0 Å². The van der Waals surface area contributed by atoms with E-state index in [0.717, 1.165) is 16.3 Å². The SMILES string of the molecule is CCOc1cc(C(=O)NCc2cc(-c3ccc4ccccc4c3)on2)cc(OCC)c1OCC. The highest BCUT2D eigenvalue weighted by Crippen LogP contribution is 2.39. The van der Waals surface area contributed by atoms with Crippen molar-refractivity contribution in [3.63, 3.8) is 0 Å². The zero-order valence-corrected chi connectivity index (χ0v) is 19.6. The van der Waals surface area contributed by atoms with Crippen LogP contribution in [0.25, 0.3) is 22.1 Å². The fraction of sp³-hybridized carbons (Fsp3) is 0.259. The molecule has 1 amide bonds. The third kappa shape index (κ3) is 5.14. The zero-order valence-electron chi connectivity index (χ0n) is 19.6. The van der Waals surface area contributed by atoms with Crippen LogP contribution in [0, 0.1) is 0 Å². The number of benzene rings is 3. The van der Waals surface area contributed by atoms with Gasteiger partial charge in [-0.2, -0.15) is 0 Å². The first-order chi connectivity index (χ1) is 16.6. The van der Waals surface area contributed by atoms with Crippen LogP contribution in [0.3, 0.4) is 0 Å². The van der Waals surface area contributed by atoms with E-state index in [1.54, 1.807) is 12.1 Å². The Hall–Kier alpha value is -4.00. The van der Waals surface area contributed by atoms with Gasteiger partial charge in [0.15, 0.2) is 17.3 Å². The van der Waals surface area contributed by atoms with Gasteiger partial charge in [0.25, 0.3) is 5.91 Å². The van der Waals surface area contributed by atoms with Crippen LogP contribution in [0.4, 0.5) is 0 Å². The summed E-state index contributed by atoms with van der Waals surface area (Å²) in [5, 5.41) is 9.28. The highest BCUT2D eigenvalue weighted by atomic mass is 16.5. The van der Waals surface area contributed by atoms with Crippen LogP contribution in [0.1, 0.15) is 36.8 Å². The first-order valence-corrected chi connectivity index (χ1v) is 11.4. The lowest BCUT2D eigenvalue weighted by molar-refractivity contribution is 0.0949. The van der Waals surface area contributed by atoms with Crippen molar-refractivity contribution in [2.24, 2.45) is 0 Å². The predicted octanol–water partition coefficient (Wildman–Crippen LogP) is 5.62. The molecule has 0 radical (unpaired) electrons. The van der Waals surface area contributed by atoms with Gasteiger partial charge < -0.3 is 24.1 Å². The van der Waals surface area contributed by atoms with Crippen molar-refractivity contribution in [3.05, 3.63) is 71.9 Å². The Balaban J connectivity index is 1.49. The van der Waals surface area contributed by atoms with Gasteiger partial charge in [0, 0.05) is 17.2 Å². The van der Waals surface area contributed by atoms with Gasteiger partial charge in [-0.05, 0) is 49.7 Å². The third-order valence-corrected chi connectivity index (χ3v) is 5.19. The van der Waals surface area contributed by atoms with Gasteiger partial charge in [-0.25, -0.2) is 0 Å². The molecule has 7 nitrogen and oxygen atoms in total. The van der Waals surface area contributed by atoms with Crippen LogP contribution < -0.4 is 19.5 Å². The summed E-state index contributed by atoms with van der Waals surface area (Å²) in [7, 11) is 0. The summed E-state index contributed by atoms with van der Waals surface area (Å²) in [6.07, 6.45) is 0. The van der Waals surface area contributed by atoms with Gasteiger partial charge in [0.2, 0.25) is 5.75 Å². The second-order valence-corrected chi connectivity index (χ2v) is 7.53. The Labute approximate surface area is 198 Å². The van der Waals surface area contributed by atoms with Crippen LogP contribution >= 0.6 is 0 Å². The molecule has 1 heterocycles. The molecule has 0 bridgehead atoms. The van der Waals surface area contributed by atoms with Crippen molar-refractivity contribution in [2.75, 3.05) is 19.8 Å². The minimum Gasteiger partial charge on any atom is -0.490 e. The fourth-order valence-corrected chi connectivity index (χ4v) is 3.67. The van der Waals surface area contributed by atoms with Crippen LogP contribution in [0.5, 0.6) is 17.2 Å². The molecule has 3 aromatic carbocycles. The van der Waals surface area contributed by atoms with Crippen molar-refractivity contribution in [1.29, 1.82) is 0 Å². The first-order valence-electron chi connectivity index (χ1n) is 11.4. The molecule has 0 aliphatic rings. The number of carbonyl (C=O) groups is 1. The number of amides is 1. The molecular formula is C27H28N2O5. The molecule has 0 fully saturated rings. The molecule has 1 N–H and O–H groups in total. The Morgan fingerprint density at radius 2 is 1.53 bits per heavy atom. The van der Waals surface area contributed by atoms with Gasteiger partial charge in [0.05, 0.1) is 26.4 Å². The standard InChI is InChI=1S/C27H28N2O5/c1-4-31-24-14-21(15-25(32-5-2)26(24)33-6-3)27(30)28-17-22-16-23(34-29-22)20-12-11-18-9-7-8-10-19(18)13-20/h7-16H,4-6,17H2,1-3H3,(H,28,30). The molecule has 4 aromatic rings. The molecule has 0 aliphatic carbocycles. The van der Waals surface area contributed by atoms with Crippen molar-refractivity contribution >= 4 is 16.7 Å². The van der Waals surface area contributed by atoms with Crippen LogP contribution in [0.2, 0.25) is 0 Å². The molecule has 34 heavy (non-hydrogen) atoms. The molecule has 0 unspecified atom stereocenters. The summed E-state index contributed by atoms with van der Waals surface area (Å²) in [6, 6.07) is 19.4. The lowest BCUT2D eigenvalue weighted by atomic mass is 10.1. The molecule has 0 spiro atoms. The average molecular weight is 461 g/mol. The van der Waals surface area contributed by atoms with E-state index in [9.17, 15) is 4.79 Å². The van der Waals surface area contributed by atoms with Crippen molar-refractivity contribution in [1.82, 2.24) is 10.5 Å². The second-order valence-electron chi connectivity index (χ2n) is 7.53. The fourth-order valence-electron chi connectivity index (χ4n) is 3.67. The Morgan fingerprint density at radius 3 is 2.21 bits per heavy atom. The van der Waals surface area contributed by atoms with E-state index >= 15 is 0 Å². The maximum atomic E-state index is 12.9. The number of rotatable bonds is 10. The largest absolute Gasteiger partial charge is 0.490 e. The average Bonchev–Trinajstić information content (AvgIpc) is 3.33. The van der Waals surface area contributed by atoms with Crippen LogP contribution in [-0.2, 0) is 6.54 Å². The van der Waals surface area contributed by atoms with Crippen molar-refractivity contribution in [3.8, 4) is 28.6 Å². The number of nitrogens with one attached hydrogen (secondary N) is 1. The molecule has 176 valence electrons. The lowest BCUT2D eigenvalue weighted by Gasteiger charge is -2.17. The van der Waals surface area contributed by atoms with Crippen LogP contribution in [0.15, 0.2) is 65.2 Å². The van der Waals surface area contributed by atoms with Gasteiger partial charge >= 0.3 is 0 Å². The maximum absolute atomic E-state index is 12.9. The molecule has 0 saturated heterocycles. The number of hydrogen-bond acceptors (Lipinski definition) is 6. The molecule has 0 atom stereocenters. The van der Waals surface area contributed by atoms with E-state index in [1.807, 2.05) is 51.1 Å². The predicted molar refractivity (Wildman–Crippen MR) is 131 cm³/mol. The second kappa shape index (κ2) is 10.7. The maximum Gasteiger partial charge on any atom is 0.251 e. The van der Waals surface area contributed by atoms with Gasteiger partial charge in [-0.15, -0.1) is 0 Å². The van der Waals surface area contributed by atoms with Gasteiger partial charge in [-0.1, -0.05) is 41.6 Å². The monoisotopic (exact) mass is 460 g/mol.